The maximum absolute atomic E-state index is 13.7. The van der Waals surface area contributed by atoms with Gasteiger partial charge in [-0.25, -0.2) is 22.6 Å². The van der Waals surface area contributed by atoms with Crippen molar-refractivity contribution in [2.24, 2.45) is 0 Å². The van der Waals surface area contributed by atoms with E-state index in [0.29, 0.717) is 30.0 Å². The lowest BCUT2D eigenvalue weighted by Crippen LogP contribution is -2.54. The van der Waals surface area contributed by atoms with Gasteiger partial charge in [-0.15, -0.1) is 0 Å². The molecule has 0 radical (unpaired) electrons. The van der Waals surface area contributed by atoms with Gasteiger partial charge in [-0.1, -0.05) is 12.1 Å². The number of carbonyl (C=O) groups is 1. The summed E-state index contributed by atoms with van der Waals surface area (Å²) in [4.78, 5) is 18.4. The SMILES string of the molecule is CC(C)Oc1ccc(N([SH](=O)=O)C2(c3ccc(F)cc3)CCN(C(=O)OC(C)(C)C)CC2)cn1. The predicted octanol–water partition coefficient (Wildman–Crippen LogP) is 4.27. The molecule has 1 fully saturated rings. The van der Waals surface area contributed by atoms with Gasteiger partial charge >= 0.3 is 6.09 Å². The summed E-state index contributed by atoms with van der Waals surface area (Å²) in [6.45, 7) is 9.67. The Kier molecular flexibility index (Phi) is 7.70. The average Bonchev–Trinajstić information content (AvgIpc) is 2.74. The second kappa shape index (κ2) is 10.2. The highest BCUT2D eigenvalue weighted by Gasteiger charge is 2.45. The normalized spacial score (nSPS) is 15.9. The lowest BCUT2D eigenvalue weighted by molar-refractivity contribution is 0.0169. The van der Waals surface area contributed by atoms with Crippen LogP contribution in [0.5, 0.6) is 5.88 Å². The molecule has 0 aliphatic carbocycles. The van der Waals surface area contributed by atoms with Gasteiger partial charge in [0.15, 0.2) is 0 Å². The number of anilines is 1. The van der Waals surface area contributed by atoms with Gasteiger partial charge in [0, 0.05) is 19.2 Å². The molecule has 10 heteroatoms. The van der Waals surface area contributed by atoms with E-state index in [0.717, 1.165) is 0 Å². The van der Waals surface area contributed by atoms with E-state index < -0.39 is 33.9 Å². The molecular formula is C24H32FN3O5S. The molecule has 2 heterocycles. The van der Waals surface area contributed by atoms with E-state index in [-0.39, 0.29) is 19.2 Å². The number of carbonyl (C=O) groups excluding carboxylic acids is 1. The van der Waals surface area contributed by atoms with E-state index >= 15 is 0 Å². The van der Waals surface area contributed by atoms with Crippen molar-refractivity contribution >= 4 is 22.7 Å². The van der Waals surface area contributed by atoms with Crippen molar-refractivity contribution in [3.05, 3.63) is 54.0 Å². The van der Waals surface area contributed by atoms with Gasteiger partial charge < -0.3 is 14.4 Å². The maximum atomic E-state index is 13.7. The number of nitrogens with zero attached hydrogens (tertiary/aromatic N) is 3. The lowest BCUT2D eigenvalue weighted by Gasteiger charge is -2.47. The van der Waals surface area contributed by atoms with Crippen molar-refractivity contribution in [1.29, 1.82) is 0 Å². The van der Waals surface area contributed by atoms with Gasteiger partial charge in [-0.2, -0.15) is 0 Å². The zero-order valence-corrected chi connectivity index (χ0v) is 21.0. The largest absolute Gasteiger partial charge is 0.475 e. The first kappa shape index (κ1) is 25.7. The summed E-state index contributed by atoms with van der Waals surface area (Å²) in [7, 11) is -3.10. The Hall–Kier alpha value is -2.88. The number of rotatable bonds is 6. The molecule has 8 nitrogen and oxygen atoms in total. The molecular weight excluding hydrogens is 461 g/mol. The number of amides is 1. The molecule has 2 aromatic rings. The van der Waals surface area contributed by atoms with Crippen LogP contribution in [0.25, 0.3) is 0 Å². The van der Waals surface area contributed by atoms with E-state index in [4.69, 9.17) is 9.47 Å². The predicted molar refractivity (Wildman–Crippen MR) is 128 cm³/mol. The van der Waals surface area contributed by atoms with E-state index in [1.807, 2.05) is 13.8 Å². The Morgan fingerprint density at radius 1 is 1.12 bits per heavy atom. The summed E-state index contributed by atoms with van der Waals surface area (Å²) in [5, 5.41) is 0. The van der Waals surface area contributed by atoms with Crippen LogP contribution in [-0.2, 0) is 21.2 Å². The molecule has 186 valence electrons. The van der Waals surface area contributed by atoms with E-state index in [2.05, 4.69) is 4.98 Å². The molecule has 1 aliphatic heterocycles. The summed E-state index contributed by atoms with van der Waals surface area (Å²) < 4.78 is 51.3. The molecule has 0 spiro atoms. The van der Waals surface area contributed by atoms with Crippen LogP contribution < -0.4 is 9.04 Å². The molecule has 1 saturated heterocycles. The smallest absolute Gasteiger partial charge is 0.410 e. The number of benzene rings is 1. The molecule has 0 bridgehead atoms. The van der Waals surface area contributed by atoms with E-state index in [1.165, 1.54) is 22.6 Å². The van der Waals surface area contributed by atoms with E-state index in [1.54, 1.807) is 49.9 Å². The van der Waals surface area contributed by atoms with Crippen LogP contribution in [-0.4, -0.2) is 49.2 Å². The third kappa shape index (κ3) is 5.97. The highest BCUT2D eigenvalue weighted by atomic mass is 32.2. The Balaban J connectivity index is 1.98. The minimum atomic E-state index is -3.10. The number of aromatic nitrogens is 1. The molecule has 34 heavy (non-hydrogen) atoms. The zero-order chi connectivity index (χ0) is 25.1. The van der Waals surface area contributed by atoms with Crippen LogP contribution in [0.2, 0.25) is 0 Å². The molecule has 0 saturated carbocycles. The highest BCUT2D eigenvalue weighted by molar-refractivity contribution is 7.74. The number of hydrogen-bond acceptors (Lipinski definition) is 6. The molecule has 0 atom stereocenters. The number of piperidine rings is 1. The van der Waals surface area contributed by atoms with E-state index in [9.17, 15) is 17.6 Å². The topological polar surface area (TPSA) is 89.0 Å². The minimum absolute atomic E-state index is 0.0756. The molecule has 1 amide bonds. The third-order valence-corrected chi connectivity index (χ3v) is 6.45. The van der Waals surface area contributed by atoms with Crippen LogP contribution in [0.1, 0.15) is 53.0 Å². The minimum Gasteiger partial charge on any atom is -0.475 e. The first-order valence-corrected chi connectivity index (χ1v) is 12.4. The number of likely N-dealkylation sites (tertiary alicyclic amines) is 1. The Morgan fingerprint density at radius 2 is 1.74 bits per heavy atom. The number of ether oxygens (including phenoxy) is 2. The fraction of sp³-hybridized carbons (Fsp3) is 0.500. The number of hydrogen-bond donors (Lipinski definition) is 1. The summed E-state index contributed by atoms with van der Waals surface area (Å²) >= 11 is 0. The van der Waals surface area contributed by atoms with Gasteiger partial charge in [0.25, 0.3) is 0 Å². The molecule has 0 unspecified atom stereocenters. The lowest BCUT2D eigenvalue weighted by atomic mass is 9.80. The van der Waals surface area contributed by atoms with Crippen molar-refractivity contribution in [2.45, 2.75) is 64.7 Å². The molecule has 1 aromatic heterocycles. The van der Waals surface area contributed by atoms with Gasteiger partial charge in [0.05, 0.1) is 23.5 Å². The van der Waals surface area contributed by atoms with Gasteiger partial charge in [0.2, 0.25) is 16.8 Å². The van der Waals surface area contributed by atoms with Gasteiger partial charge in [-0.05, 0) is 71.2 Å². The van der Waals surface area contributed by atoms with Gasteiger partial charge in [0.1, 0.15) is 11.4 Å². The summed E-state index contributed by atoms with van der Waals surface area (Å²) in [6, 6.07) is 9.06. The van der Waals surface area contributed by atoms with Gasteiger partial charge in [-0.3, -0.25) is 4.31 Å². The molecule has 0 N–H and O–H groups in total. The third-order valence-electron chi connectivity index (χ3n) is 5.51. The summed E-state index contributed by atoms with van der Waals surface area (Å²) in [6.07, 6.45) is 1.52. The zero-order valence-electron chi connectivity index (χ0n) is 20.2. The average molecular weight is 494 g/mol. The van der Waals surface area contributed by atoms with Crippen LogP contribution in [0.4, 0.5) is 14.9 Å². The second-order valence-electron chi connectivity index (χ2n) is 9.58. The molecule has 1 aliphatic rings. The fourth-order valence-electron chi connectivity index (χ4n) is 4.08. The Labute approximate surface area is 201 Å². The Morgan fingerprint density at radius 3 is 2.21 bits per heavy atom. The van der Waals surface area contributed by atoms with Crippen molar-refractivity contribution in [2.75, 3.05) is 17.4 Å². The fourth-order valence-corrected chi connectivity index (χ4v) is 5.01. The van der Waals surface area contributed by atoms with Crippen molar-refractivity contribution in [3.63, 3.8) is 0 Å². The number of halogens is 1. The van der Waals surface area contributed by atoms with Crippen molar-refractivity contribution in [3.8, 4) is 5.88 Å². The van der Waals surface area contributed by atoms with Crippen LogP contribution >= 0.6 is 0 Å². The van der Waals surface area contributed by atoms with Crippen molar-refractivity contribution < 1.29 is 27.1 Å². The first-order valence-electron chi connectivity index (χ1n) is 11.2. The molecule has 3 rings (SSSR count). The molecule has 1 aromatic carbocycles. The summed E-state index contributed by atoms with van der Waals surface area (Å²) in [5.74, 6) is -0.0320. The standard InChI is InChI=1S/C24H32FN3O5S/c1-17(2)32-21-11-10-20(16-26-21)28(34(30)31)24(18-6-8-19(25)9-7-18)12-14-27(15-13-24)22(29)33-23(3,4)5/h6-11,16-17,34H,12-15H2,1-5H3. The monoisotopic (exact) mass is 493 g/mol. The number of thiol groups is 1. The van der Waals surface area contributed by atoms with Crippen LogP contribution in [0.3, 0.4) is 0 Å². The van der Waals surface area contributed by atoms with Crippen LogP contribution in [0, 0.1) is 5.82 Å². The van der Waals surface area contributed by atoms with Crippen LogP contribution in [0.15, 0.2) is 42.6 Å². The first-order chi connectivity index (χ1) is 15.9. The quantitative estimate of drug-likeness (QED) is 0.605. The maximum Gasteiger partial charge on any atom is 0.410 e. The van der Waals surface area contributed by atoms with Crippen molar-refractivity contribution in [1.82, 2.24) is 9.88 Å². The highest BCUT2D eigenvalue weighted by Crippen LogP contribution is 2.42. The Bertz CT molecular complexity index is 1050. The number of pyridine rings is 1. The second-order valence-corrected chi connectivity index (χ2v) is 10.5. The summed E-state index contributed by atoms with van der Waals surface area (Å²) in [5.41, 5.74) is -0.663.